The van der Waals surface area contributed by atoms with Crippen molar-refractivity contribution in [2.45, 2.75) is 12.8 Å². The van der Waals surface area contributed by atoms with E-state index in [0.717, 1.165) is 31.6 Å². The monoisotopic (exact) mass is 222 g/mol. The fraction of sp³-hybridized carbons (Fsp3) is 0.417. The van der Waals surface area contributed by atoms with E-state index in [1.54, 1.807) is 6.07 Å². The van der Waals surface area contributed by atoms with Crippen LogP contribution in [0.15, 0.2) is 18.2 Å². The molecular formula is C12H15FN2O. The Balaban J connectivity index is 2.38. The highest BCUT2D eigenvalue weighted by molar-refractivity contribution is 6.02. The summed E-state index contributed by atoms with van der Waals surface area (Å²) in [6.07, 6.45) is 2.24. The molecule has 2 N–H and O–H groups in total. The molecule has 1 fully saturated rings. The number of carbonyl (C=O) groups is 1. The number of hydrogen-bond donors (Lipinski definition) is 1. The Bertz CT molecular complexity index is 400. The summed E-state index contributed by atoms with van der Waals surface area (Å²) in [4.78, 5) is 13.7. The number of rotatable bonds is 3. The lowest BCUT2D eigenvalue weighted by molar-refractivity contribution is 0.100. The molecule has 1 saturated heterocycles. The average Bonchev–Trinajstić information content (AvgIpc) is 2.81. The normalized spacial score (nSPS) is 15.5. The molecule has 2 rings (SSSR count). The van der Waals surface area contributed by atoms with Gasteiger partial charge >= 0.3 is 0 Å². The molecule has 0 atom stereocenters. The van der Waals surface area contributed by atoms with E-state index >= 15 is 0 Å². The van der Waals surface area contributed by atoms with Crippen LogP contribution >= 0.6 is 0 Å². The molecule has 4 heteroatoms. The average molecular weight is 222 g/mol. The van der Waals surface area contributed by atoms with E-state index in [1.807, 2.05) is 0 Å². The zero-order chi connectivity index (χ0) is 11.5. The number of anilines is 1. The standard InChI is InChI=1S/C12H15FN2O/c13-9-3-4-11(15-5-1-2-6-15)10(7-9)12(16)8-14/h3-4,7H,1-2,5-6,8,14H2. The molecule has 0 spiro atoms. The summed E-state index contributed by atoms with van der Waals surface area (Å²) in [7, 11) is 0. The first-order valence-electron chi connectivity index (χ1n) is 5.50. The summed E-state index contributed by atoms with van der Waals surface area (Å²) < 4.78 is 13.1. The van der Waals surface area contributed by atoms with Crippen LogP contribution in [0.3, 0.4) is 0 Å². The van der Waals surface area contributed by atoms with Crippen molar-refractivity contribution < 1.29 is 9.18 Å². The van der Waals surface area contributed by atoms with Crippen LogP contribution < -0.4 is 10.6 Å². The molecule has 16 heavy (non-hydrogen) atoms. The Hall–Kier alpha value is -1.42. The molecule has 3 nitrogen and oxygen atoms in total. The van der Waals surface area contributed by atoms with Crippen LogP contribution in [-0.4, -0.2) is 25.4 Å². The summed E-state index contributed by atoms with van der Waals surface area (Å²) >= 11 is 0. The van der Waals surface area contributed by atoms with Crippen LogP contribution in [0.4, 0.5) is 10.1 Å². The fourth-order valence-electron chi connectivity index (χ4n) is 2.08. The Labute approximate surface area is 94.0 Å². The molecule has 1 aromatic carbocycles. The summed E-state index contributed by atoms with van der Waals surface area (Å²) in [5, 5.41) is 0. The molecule has 1 aliphatic heterocycles. The zero-order valence-corrected chi connectivity index (χ0v) is 9.08. The molecule has 0 radical (unpaired) electrons. The minimum absolute atomic E-state index is 0.0791. The second kappa shape index (κ2) is 4.61. The van der Waals surface area contributed by atoms with Gasteiger partial charge < -0.3 is 10.6 Å². The highest BCUT2D eigenvalue weighted by atomic mass is 19.1. The van der Waals surface area contributed by atoms with Gasteiger partial charge in [0, 0.05) is 24.3 Å². The third kappa shape index (κ3) is 2.07. The smallest absolute Gasteiger partial charge is 0.178 e. The van der Waals surface area contributed by atoms with Gasteiger partial charge in [-0.05, 0) is 31.0 Å². The number of nitrogens with zero attached hydrogens (tertiary/aromatic N) is 1. The zero-order valence-electron chi connectivity index (χ0n) is 9.08. The van der Waals surface area contributed by atoms with Crippen molar-refractivity contribution in [2.75, 3.05) is 24.5 Å². The Kier molecular flexibility index (Phi) is 3.19. The van der Waals surface area contributed by atoms with Gasteiger partial charge in [-0.3, -0.25) is 4.79 Å². The molecule has 0 amide bonds. The van der Waals surface area contributed by atoms with Gasteiger partial charge in [0.25, 0.3) is 0 Å². The first-order chi connectivity index (χ1) is 7.72. The Morgan fingerprint density at radius 3 is 2.69 bits per heavy atom. The lowest BCUT2D eigenvalue weighted by Crippen LogP contribution is -2.23. The number of benzene rings is 1. The van der Waals surface area contributed by atoms with Gasteiger partial charge in [-0.15, -0.1) is 0 Å². The summed E-state index contributed by atoms with van der Waals surface area (Å²) in [5.74, 6) is -0.596. The predicted molar refractivity (Wildman–Crippen MR) is 61.2 cm³/mol. The van der Waals surface area contributed by atoms with E-state index in [9.17, 15) is 9.18 Å². The minimum Gasteiger partial charge on any atom is -0.371 e. The van der Waals surface area contributed by atoms with Crippen LogP contribution in [0.1, 0.15) is 23.2 Å². The van der Waals surface area contributed by atoms with Gasteiger partial charge in [0.15, 0.2) is 5.78 Å². The minimum atomic E-state index is -0.389. The van der Waals surface area contributed by atoms with Gasteiger partial charge in [0.05, 0.1) is 6.54 Å². The maximum Gasteiger partial charge on any atom is 0.178 e. The van der Waals surface area contributed by atoms with Crippen molar-refractivity contribution in [3.05, 3.63) is 29.6 Å². The highest BCUT2D eigenvalue weighted by Crippen LogP contribution is 2.25. The topological polar surface area (TPSA) is 46.3 Å². The van der Waals surface area contributed by atoms with Crippen LogP contribution in [0.5, 0.6) is 0 Å². The van der Waals surface area contributed by atoms with Gasteiger partial charge in [-0.25, -0.2) is 4.39 Å². The van der Waals surface area contributed by atoms with Crippen molar-refractivity contribution in [3.63, 3.8) is 0 Å². The molecule has 0 bridgehead atoms. The van der Waals surface area contributed by atoms with Crippen LogP contribution in [0, 0.1) is 5.82 Å². The number of halogens is 1. The molecule has 0 saturated carbocycles. The van der Waals surface area contributed by atoms with E-state index in [2.05, 4.69) is 4.90 Å². The van der Waals surface area contributed by atoms with Gasteiger partial charge in [-0.2, -0.15) is 0 Å². The van der Waals surface area contributed by atoms with E-state index in [0.29, 0.717) is 5.56 Å². The second-order valence-electron chi connectivity index (χ2n) is 3.98. The lowest BCUT2D eigenvalue weighted by atomic mass is 10.1. The van der Waals surface area contributed by atoms with Crippen LogP contribution in [-0.2, 0) is 0 Å². The lowest BCUT2D eigenvalue weighted by Gasteiger charge is -2.20. The van der Waals surface area contributed by atoms with Crippen LogP contribution in [0.25, 0.3) is 0 Å². The maximum atomic E-state index is 13.1. The van der Waals surface area contributed by atoms with Gasteiger partial charge in [0.2, 0.25) is 0 Å². The third-order valence-corrected chi connectivity index (χ3v) is 2.89. The molecule has 1 aliphatic rings. The fourth-order valence-corrected chi connectivity index (χ4v) is 2.08. The van der Waals surface area contributed by atoms with Crippen molar-refractivity contribution in [1.29, 1.82) is 0 Å². The quantitative estimate of drug-likeness (QED) is 0.789. The molecule has 0 unspecified atom stereocenters. The number of Topliss-reactive ketones (excluding diaryl/α,β-unsaturated/α-hetero) is 1. The molecule has 0 aromatic heterocycles. The summed E-state index contributed by atoms with van der Waals surface area (Å²) in [6, 6.07) is 4.34. The maximum absolute atomic E-state index is 13.1. The first kappa shape index (κ1) is 11.1. The summed E-state index contributed by atoms with van der Waals surface area (Å²) in [6.45, 7) is 1.78. The van der Waals surface area contributed by atoms with Crippen LogP contribution in [0.2, 0.25) is 0 Å². The van der Waals surface area contributed by atoms with E-state index in [-0.39, 0.29) is 18.1 Å². The summed E-state index contributed by atoms with van der Waals surface area (Å²) in [5.41, 5.74) is 6.55. The second-order valence-corrected chi connectivity index (χ2v) is 3.98. The Morgan fingerprint density at radius 2 is 2.06 bits per heavy atom. The molecule has 1 aromatic rings. The third-order valence-electron chi connectivity index (χ3n) is 2.89. The van der Waals surface area contributed by atoms with E-state index in [4.69, 9.17) is 5.73 Å². The predicted octanol–water partition coefficient (Wildman–Crippen LogP) is 1.57. The number of ketones is 1. The first-order valence-corrected chi connectivity index (χ1v) is 5.50. The largest absolute Gasteiger partial charge is 0.371 e. The van der Waals surface area contributed by atoms with E-state index < -0.39 is 0 Å². The van der Waals surface area contributed by atoms with E-state index in [1.165, 1.54) is 12.1 Å². The molecular weight excluding hydrogens is 207 g/mol. The molecule has 86 valence electrons. The van der Waals surface area contributed by atoms with Crippen molar-refractivity contribution >= 4 is 11.5 Å². The number of hydrogen-bond acceptors (Lipinski definition) is 3. The SMILES string of the molecule is NCC(=O)c1cc(F)ccc1N1CCCC1. The number of carbonyl (C=O) groups excluding carboxylic acids is 1. The van der Waals surface area contributed by atoms with Crippen molar-refractivity contribution in [1.82, 2.24) is 0 Å². The van der Waals surface area contributed by atoms with Gasteiger partial charge in [-0.1, -0.05) is 0 Å². The highest BCUT2D eigenvalue weighted by Gasteiger charge is 2.19. The molecule has 1 heterocycles. The van der Waals surface area contributed by atoms with Gasteiger partial charge in [0.1, 0.15) is 5.82 Å². The molecule has 0 aliphatic carbocycles. The Morgan fingerprint density at radius 1 is 1.38 bits per heavy atom. The number of nitrogens with two attached hydrogens (primary N) is 1. The van der Waals surface area contributed by atoms with Crippen molar-refractivity contribution in [2.24, 2.45) is 5.73 Å². The van der Waals surface area contributed by atoms with Crippen molar-refractivity contribution in [3.8, 4) is 0 Å².